The summed E-state index contributed by atoms with van der Waals surface area (Å²) in [6.07, 6.45) is 0. The van der Waals surface area contributed by atoms with Gasteiger partial charge >= 0.3 is 0 Å². The molecule has 0 aromatic heterocycles. The first-order valence-corrected chi connectivity index (χ1v) is 5.72. The monoisotopic (exact) mass is 222 g/mol. The van der Waals surface area contributed by atoms with Crippen LogP contribution in [0.5, 0.6) is 0 Å². The van der Waals surface area contributed by atoms with E-state index in [-0.39, 0.29) is 16.3 Å². The van der Waals surface area contributed by atoms with Crippen LogP contribution in [0.15, 0.2) is 9.59 Å². The minimum atomic E-state index is -0.299. The molecule has 4 nitrogen and oxygen atoms in total. The first-order valence-electron chi connectivity index (χ1n) is 5.72. The van der Waals surface area contributed by atoms with Crippen molar-refractivity contribution in [1.29, 1.82) is 0 Å². The molecule has 1 N–H and O–H groups in total. The second-order valence-corrected chi connectivity index (χ2v) is 5.37. The second-order valence-electron chi connectivity index (χ2n) is 5.37. The van der Waals surface area contributed by atoms with Crippen molar-refractivity contribution < 1.29 is 0 Å². The molecule has 1 aliphatic heterocycles. The molecule has 0 radical (unpaired) electrons. The Morgan fingerprint density at radius 1 is 1.06 bits per heavy atom. The van der Waals surface area contributed by atoms with Crippen LogP contribution in [-0.2, 0) is 5.41 Å². The zero-order valence-electron chi connectivity index (χ0n) is 10.1. The van der Waals surface area contributed by atoms with Crippen molar-refractivity contribution in [3.05, 3.63) is 26.0 Å². The average Bonchev–Trinajstić information content (AvgIpc) is 2.23. The normalized spacial score (nSPS) is 18.1. The summed E-state index contributed by atoms with van der Waals surface area (Å²) in [5, 5.41) is 3.24. The number of nitrogens with zero attached hydrogens (tertiary/aromatic N) is 1. The standard InChI is InChI=1S/C12H18N2O2/c1-12(2,3)8-9(11(16)10(8)15)14-6-4-13-5-7-14/h13H,4-7H2,1-3H3. The summed E-state index contributed by atoms with van der Waals surface area (Å²) in [5.41, 5.74) is 0.553. The van der Waals surface area contributed by atoms with E-state index in [2.05, 4.69) is 5.32 Å². The van der Waals surface area contributed by atoms with Crippen LogP contribution < -0.4 is 21.1 Å². The van der Waals surface area contributed by atoms with Crippen molar-refractivity contribution in [3.8, 4) is 0 Å². The van der Waals surface area contributed by atoms with Gasteiger partial charge in [-0.1, -0.05) is 20.8 Å². The van der Waals surface area contributed by atoms with E-state index < -0.39 is 0 Å². The van der Waals surface area contributed by atoms with Gasteiger partial charge in [-0.25, -0.2) is 0 Å². The Kier molecular flexibility index (Phi) is 2.62. The molecule has 1 aromatic rings. The van der Waals surface area contributed by atoms with Crippen LogP contribution in [-0.4, -0.2) is 26.2 Å². The highest BCUT2D eigenvalue weighted by atomic mass is 16.2. The Morgan fingerprint density at radius 3 is 2.12 bits per heavy atom. The highest BCUT2D eigenvalue weighted by Crippen LogP contribution is 2.28. The fraction of sp³-hybridized carbons (Fsp3) is 0.667. The third-order valence-electron chi connectivity index (χ3n) is 3.07. The SMILES string of the molecule is CC(C)(C)c1c(N2CCNCC2)c(=O)c1=O. The van der Waals surface area contributed by atoms with E-state index in [0.29, 0.717) is 11.3 Å². The number of piperazine rings is 1. The molecule has 1 saturated heterocycles. The summed E-state index contributed by atoms with van der Waals surface area (Å²) >= 11 is 0. The van der Waals surface area contributed by atoms with Gasteiger partial charge < -0.3 is 10.2 Å². The molecule has 0 amide bonds. The summed E-state index contributed by atoms with van der Waals surface area (Å²) in [7, 11) is 0. The van der Waals surface area contributed by atoms with E-state index in [0.717, 1.165) is 26.2 Å². The zero-order valence-corrected chi connectivity index (χ0v) is 10.1. The van der Waals surface area contributed by atoms with E-state index in [1.807, 2.05) is 25.7 Å². The first-order chi connectivity index (χ1) is 7.43. The molecule has 1 aliphatic rings. The number of hydrogen-bond donors (Lipinski definition) is 1. The minimum absolute atomic E-state index is 0.231. The van der Waals surface area contributed by atoms with Crippen molar-refractivity contribution >= 4 is 5.69 Å². The first kappa shape index (κ1) is 11.3. The molecule has 16 heavy (non-hydrogen) atoms. The van der Waals surface area contributed by atoms with Crippen molar-refractivity contribution in [2.75, 3.05) is 31.1 Å². The molecule has 2 rings (SSSR count). The van der Waals surface area contributed by atoms with Gasteiger partial charge in [0.2, 0.25) is 10.9 Å². The van der Waals surface area contributed by atoms with Gasteiger partial charge in [-0.3, -0.25) is 9.59 Å². The highest BCUT2D eigenvalue weighted by molar-refractivity contribution is 5.61. The molecule has 1 fully saturated rings. The molecule has 0 aliphatic carbocycles. The highest BCUT2D eigenvalue weighted by Gasteiger charge is 2.33. The molecule has 0 saturated carbocycles. The molecule has 1 aromatic carbocycles. The van der Waals surface area contributed by atoms with Gasteiger partial charge in [0.1, 0.15) is 0 Å². The van der Waals surface area contributed by atoms with Crippen LogP contribution in [0.1, 0.15) is 26.3 Å². The number of anilines is 1. The topological polar surface area (TPSA) is 49.4 Å². The van der Waals surface area contributed by atoms with Crippen LogP contribution in [0.2, 0.25) is 0 Å². The van der Waals surface area contributed by atoms with Crippen molar-refractivity contribution in [1.82, 2.24) is 5.32 Å². The third-order valence-corrected chi connectivity index (χ3v) is 3.07. The van der Waals surface area contributed by atoms with Crippen LogP contribution in [0.3, 0.4) is 0 Å². The molecule has 1 heterocycles. The second kappa shape index (κ2) is 3.70. The maximum absolute atomic E-state index is 11.6. The lowest BCUT2D eigenvalue weighted by Gasteiger charge is -2.34. The largest absolute Gasteiger partial charge is 0.365 e. The van der Waals surface area contributed by atoms with Crippen LogP contribution >= 0.6 is 0 Å². The number of rotatable bonds is 1. The Labute approximate surface area is 95.0 Å². The molecule has 0 unspecified atom stereocenters. The Bertz CT molecular complexity index is 458. The predicted octanol–water partition coefficient (Wildman–Crippen LogP) is -0.0103. The Balaban J connectivity index is 2.38. The van der Waals surface area contributed by atoms with Gasteiger partial charge in [0.05, 0.1) is 5.69 Å². The van der Waals surface area contributed by atoms with Crippen molar-refractivity contribution in [2.45, 2.75) is 26.2 Å². The van der Waals surface area contributed by atoms with Crippen LogP contribution in [0.4, 0.5) is 5.69 Å². The Morgan fingerprint density at radius 2 is 1.62 bits per heavy atom. The third kappa shape index (κ3) is 1.67. The lowest BCUT2D eigenvalue weighted by molar-refractivity contribution is 0.552. The van der Waals surface area contributed by atoms with E-state index in [9.17, 15) is 9.59 Å². The fourth-order valence-electron chi connectivity index (χ4n) is 2.27. The van der Waals surface area contributed by atoms with Crippen molar-refractivity contribution in [2.24, 2.45) is 0 Å². The lowest BCUT2D eigenvalue weighted by atomic mass is 9.82. The molecular weight excluding hydrogens is 204 g/mol. The number of hydrogen-bond acceptors (Lipinski definition) is 4. The van der Waals surface area contributed by atoms with Crippen LogP contribution in [0.25, 0.3) is 0 Å². The average molecular weight is 222 g/mol. The summed E-state index contributed by atoms with van der Waals surface area (Å²) in [5.74, 6) is 0. The Hall–Kier alpha value is -1.16. The fourth-order valence-corrected chi connectivity index (χ4v) is 2.27. The van der Waals surface area contributed by atoms with Gasteiger partial charge in [0, 0.05) is 31.7 Å². The molecule has 88 valence electrons. The van der Waals surface area contributed by atoms with E-state index in [1.54, 1.807) is 0 Å². The summed E-state index contributed by atoms with van der Waals surface area (Å²) in [6, 6.07) is 0. The maximum atomic E-state index is 11.6. The van der Waals surface area contributed by atoms with E-state index >= 15 is 0 Å². The molecular formula is C12H18N2O2. The van der Waals surface area contributed by atoms with E-state index in [1.165, 1.54) is 0 Å². The number of nitrogens with one attached hydrogen (secondary N) is 1. The van der Waals surface area contributed by atoms with Gasteiger partial charge in [-0.2, -0.15) is 0 Å². The lowest BCUT2D eigenvalue weighted by Crippen LogP contribution is -2.52. The van der Waals surface area contributed by atoms with Crippen LogP contribution in [0, 0.1) is 0 Å². The van der Waals surface area contributed by atoms with Gasteiger partial charge in [0.15, 0.2) is 0 Å². The van der Waals surface area contributed by atoms with Gasteiger partial charge in [-0.15, -0.1) is 0 Å². The van der Waals surface area contributed by atoms with Gasteiger partial charge in [0.25, 0.3) is 0 Å². The smallest absolute Gasteiger partial charge is 0.249 e. The molecule has 0 bridgehead atoms. The predicted molar refractivity (Wildman–Crippen MR) is 65.1 cm³/mol. The minimum Gasteiger partial charge on any atom is -0.365 e. The molecule has 0 atom stereocenters. The molecule has 0 spiro atoms. The zero-order chi connectivity index (χ0) is 11.9. The maximum Gasteiger partial charge on any atom is 0.249 e. The summed E-state index contributed by atoms with van der Waals surface area (Å²) in [4.78, 5) is 25.3. The quantitative estimate of drug-likeness (QED) is 0.679. The summed E-state index contributed by atoms with van der Waals surface area (Å²) < 4.78 is 0. The van der Waals surface area contributed by atoms with Gasteiger partial charge in [-0.05, 0) is 5.41 Å². The molecule has 4 heteroatoms. The van der Waals surface area contributed by atoms with E-state index in [4.69, 9.17) is 0 Å². The van der Waals surface area contributed by atoms with Crippen molar-refractivity contribution in [3.63, 3.8) is 0 Å². The summed E-state index contributed by atoms with van der Waals surface area (Å²) in [6.45, 7) is 9.32.